The van der Waals surface area contributed by atoms with Gasteiger partial charge in [0, 0.05) is 25.6 Å². The topological polar surface area (TPSA) is 52.6 Å². The highest BCUT2D eigenvalue weighted by Gasteiger charge is 2.31. The molecule has 92 valence electrons. The lowest BCUT2D eigenvalue weighted by atomic mass is 9.94. The van der Waals surface area contributed by atoms with Gasteiger partial charge in [-0.25, -0.2) is 0 Å². The second-order valence-corrected chi connectivity index (χ2v) is 5.41. The second kappa shape index (κ2) is 4.72. The van der Waals surface area contributed by atoms with E-state index in [1.165, 1.54) is 6.42 Å². The van der Waals surface area contributed by atoms with E-state index in [2.05, 4.69) is 5.32 Å². The van der Waals surface area contributed by atoms with Crippen LogP contribution in [0, 0.1) is 0 Å². The predicted molar refractivity (Wildman–Crippen MR) is 62.1 cm³/mol. The highest BCUT2D eigenvalue weighted by molar-refractivity contribution is 5.77. The van der Waals surface area contributed by atoms with Gasteiger partial charge in [-0.05, 0) is 39.2 Å². The largest absolute Gasteiger partial charge is 0.388 e. The van der Waals surface area contributed by atoms with E-state index in [-0.39, 0.29) is 5.91 Å². The summed E-state index contributed by atoms with van der Waals surface area (Å²) in [4.78, 5) is 13.8. The molecule has 0 aliphatic carbocycles. The van der Waals surface area contributed by atoms with Crippen LogP contribution in [0.1, 0.15) is 39.0 Å². The van der Waals surface area contributed by atoms with Crippen molar-refractivity contribution in [2.75, 3.05) is 19.6 Å². The normalized spacial score (nSPS) is 35.4. The monoisotopic (exact) mass is 226 g/mol. The minimum absolute atomic E-state index is 0.194. The first-order valence-electron chi connectivity index (χ1n) is 6.30. The Morgan fingerprint density at radius 1 is 1.56 bits per heavy atom. The summed E-state index contributed by atoms with van der Waals surface area (Å²) in [6, 6.07) is 0.361. The summed E-state index contributed by atoms with van der Waals surface area (Å²) in [5.74, 6) is 0.194. The van der Waals surface area contributed by atoms with Crippen LogP contribution in [0.25, 0.3) is 0 Å². The summed E-state index contributed by atoms with van der Waals surface area (Å²) in [6.45, 7) is 4.16. The summed E-state index contributed by atoms with van der Waals surface area (Å²) in [6.07, 6.45) is 4.59. The van der Waals surface area contributed by atoms with Gasteiger partial charge in [0.15, 0.2) is 0 Å². The Labute approximate surface area is 97.0 Å². The van der Waals surface area contributed by atoms with Crippen molar-refractivity contribution in [3.05, 3.63) is 0 Å². The molecule has 4 heteroatoms. The van der Waals surface area contributed by atoms with Crippen LogP contribution in [-0.2, 0) is 4.79 Å². The lowest BCUT2D eigenvalue weighted by Gasteiger charge is -2.37. The molecule has 0 aromatic rings. The molecule has 2 atom stereocenters. The zero-order valence-electron chi connectivity index (χ0n) is 10.0. The molecule has 2 fully saturated rings. The molecule has 0 radical (unpaired) electrons. The third-order valence-electron chi connectivity index (χ3n) is 3.61. The summed E-state index contributed by atoms with van der Waals surface area (Å²) in [5.41, 5.74) is -0.684. The van der Waals surface area contributed by atoms with E-state index < -0.39 is 5.60 Å². The zero-order chi connectivity index (χ0) is 11.6. The van der Waals surface area contributed by atoms with E-state index in [4.69, 9.17) is 0 Å². The fourth-order valence-corrected chi connectivity index (χ4v) is 2.70. The number of piperidine rings is 1. The fourth-order valence-electron chi connectivity index (χ4n) is 2.70. The first-order valence-corrected chi connectivity index (χ1v) is 6.30. The quantitative estimate of drug-likeness (QED) is 0.721. The van der Waals surface area contributed by atoms with Gasteiger partial charge in [0.1, 0.15) is 0 Å². The summed E-state index contributed by atoms with van der Waals surface area (Å²) in [5, 5.41) is 13.3. The van der Waals surface area contributed by atoms with Crippen molar-refractivity contribution < 1.29 is 9.90 Å². The minimum Gasteiger partial charge on any atom is -0.388 e. The molecule has 2 saturated heterocycles. The van der Waals surface area contributed by atoms with E-state index in [0.29, 0.717) is 19.0 Å². The zero-order valence-corrected chi connectivity index (χ0v) is 10.0. The number of carbonyl (C=O) groups excluding carboxylic acids is 1. The molecule has 2 aliphatic heterocycles. The first kappa shape index (κ1) is 11.9. The standard InChI is InChI=1S/C12H22N2O2/c1-12(16)5-3-7-14(9-12)11(15)8-10-4-2-6-13-10/h10,13,16H,2-9H2,1H3. The number of nitrogens with one attached hydrogen (secondary N) is 1. The van der Waals surface area contributed by atoms with E-state index in [1.807, 2.05) is 11.8 Å². The molecule has 0 aromatic carbocycles. The Morgan fingerprint density at radius 2 is 2.38 bits per heavy atom. The van der Waals surface area contributed by atoms with Crippen LogP contribution >= 0.6 is 0 Å². The third kappa shape index (κ3) is 2.95. The van der Waals surface area contributed by atoms with Crippen LogP contribution < -0.4 is 5.32 Å². The smallest absolute Gasteiger partial charge is 0.224 e. The van der Waals surface area contributed by atoms with Gasteiger partial charge in [-0.15, -0.1) is 0 Å². The summed E-state index contributed by atoms with van der Waals surface area (Å²) >= 11 is 0. The molecular formula is C12H22N2O2. The molecule has 0 saturated carbocycles. The molecular weight excluding hydrogens is 204 g/mol. The van der Waals surface area contributed by atoms with Crippen LogP contribution in [0.15, 0.2) is 0 Å². The Bertz CT molecular complexity index is 260. The molecule has 0 aromatic heterocycles. The van der Waals surface area contributed by atoms with Crippen LogP contribution in [0.2, 0.25) is 0 Å². The molecule has 1 amide bonds. The van der Waals surface area contributed by atoms with Crippen molar-refractivity contribution in [3.8, 4) is 0 Å². The lowest BCUT2D eigenvalue weighted by molar-refractivity contribution is -0.137. The van der Waals surface area contributed by atoms with Gasteiger partial charge in [0.25, 0.3) is 0 Å². The second-order valence-electron chi connectivity index (χ2n) is 5.41. The summed E-state index contributed by atoms with van der Waals surface area (Å²) < 4.78 is 0. The minimum atomic E-state index is -0.684. The maximum atomic E-state index is 12.0. The number of likely N-dealkylation sites (tertiary alicyclic amines) is 1. The maximum Gasteiger partial charge on any atom is 0.224 e. The van der Waals surface area contributed by atoms with Crippen LogP contribution in [0.3, 0.4) is 0 Å². The van der Waals surface area contributed by atoms with Crippen LogP contribution in [0.5, 0.6) is 0 Å². The Hall–Kier alpha value is -0.610. The van der Waals surface area contributed by atoms with Crippen molar-refractivity contribution in [1.82, 2.24) is 10.2 Å². The molecule has 2 N–H and O–H groups in total. The maximum absolute atomic E-state index is 12.0. The van der Waals surface area contributed by atoms with E-state index in [0.717, 1.165) is 32.4 Å². The van der Waals surface area contributed by atoms with E-state index >= 15 is 0 Å². The molecule has 2 unspecified atom stereocenters. The van der Waals surface area contributed by atoms with E-state index in [9.17, 15) is 9.90 Å². The van der Waals surface area contributed by atoms with Gasteiger partial charge < -0.3 is 15.3 Å². The predicted octanol–water partition coefficient (Wildman–Crippen LogP) is 0.502. The van der Waals surface area contributed by atoms with Gasteiger partial charge >= 0.3 is 0 Å². The number of amides is 1. The third-order valence-corrected chi connectivity index (χ3v) is 3.61. The number of nitrogens with zero attached hydrogens (tertiary/aromatic N) is 1. The summed E-state index contributed by atoms with van der Waals surface area (Å²) in [7, 11) is 0. The van der Waals surface area contributed by atoms with E-state index in [1.54, 1.807) is 0 Å². The van der Waals surface area contributed by atoms with Crippen molar-refractivity contribution >= 4 is 5.91 Å². The number of rotatable bonds is 2. The highest BCUT2D eigenvalue weighted by atomic mass is 16.3. The van der Waals surface area contributed by atoms with Gasteiger partial charge in [-0.3, -0.25) is 4.79 Å². The molecule has 0 spiro atoms. The Balaban J connectivity index is 1.84. The molecule has 4 nitrogen and oxygen atoms in total. The molecule has 2 rings (SSSR count). The number of aliphatic hydroxyl groups is 1. The number of carbonyl (C=O) groups is 1. The van der Waals surface area contributed by atoms with Crippen molar-refractivity contribution in [1.29, 1.82) is 0 Å². The number of hydrogen-bond donors (Lipinski definition) is 2. The first-order chi connectivity index (χ1) is 7.57. The van der Waals surface area contributed by atoms with Gasteiger partial charge in [-0.1, -0.05) is 0 Å². The Morgan fingerprint density at radius 3 is 3.00 bits per heavy atom. The van der Waals surface area contributed by atoms with Gasteiger partial charge in [-0.2, -0.15) is 0 Å². The average molecular weight is 226 g/mol. The van der Waals surface area contributed by atoms with Crippen LogP contribution in [-0.4, -0.2) is 47.2 Å². The lowest BCUT2D eigenvalue weighted by Crippen LogP contribution is -2.49. The number of hydrogen-bond acceptors (Lipinski definition) is 3. The van der Waals surface area contributed by atoms with Crippen molar-refractivity contribution in [2.45, 2.75) is 50.7 Å². The molecule has 2 aliphatic rings. The van der Waals surface area contributed by atoms with Crippen molar-refractivity contribution in [2.24, 2.45) is 0 Å². The highest BCUT2D eigenvalue weighted by Crippen LogP contribution is 2.21. The van der Waals surface area contributed by atoms with Gasteiger partial charge in [0.2, 0.25) is 5.91 Å². The number of β-amino-alcohol motifs (C(OH)–C–C–N with tert-alkyl or cyclic N) is 1. The average Bonchev–Trinajstić information content (AvgIpc) is 2.69. The molecule has 0 bridgehead atoms. The molecule has 2 heterocycles. The Kier molecular flexibility index (Phi) is 3.50. The molecule has 16 heavy (non-hydrogen) atoms. The SMILES string of the molecule is CC1(O)CCCN(C(=O)CC2CCCN2)C1. The van der Waals surface area contributed by atoms with Crippen molar-refractivity contribution in [3.63, 3.8) is 0 Å². The van der Waals surface area contributed by atoms with Crippen LogP contribution in [0.4, 0.5) is 0 Å². The fraction of sp³-hybridized carbons (Fsp3) is 0.917. The van der Waals surface area contributed by atoms with Gasteiger partial charge in [0.05, 0.1) is 5.60 Å².